The standard InChI is InChI=1S/C15H17N/c1-10(2)13-8-14(13)12-7-11-5-3-4-6-15(11)16-9-12/h3-7,9-10,13-14H,8H2,1-2H3/t13-,14-/m1/s1. The van der Waals surface area contributed by atoms with Crippen molar-refractivity contribution in [2.24, 2.45) is 11.8 Å². The Kier molecular flexibility index (Phi) is 2.20. The molecule has 3 rings (SSSR count). The van der Waals surface area contributed by atoms with Crippen LogP contribution in [0.1, 0.15) is 31.7 Å². The van der Waals surface area contributed by atoms with Crippen molar-refractivity contribution < 1.29 is 0 Å². The maximum absolute atomic E-state index is 4.54. The second kappa shape index (κ2) is 3.58. The highest BCUT2D eigenvalue weighted by atomic mass is 14.7. The van der Waals surface area contributed by atoms with Gasteiger partial charge in [0.25, 0.3) is 0 Å². The van der Waals surface area contributed by atoms with E-state index in [-0.39, 0.29) is 0 Å². The fourth-order valence-electron chi connectivity index (χ4n) is 2.63. The van der Waals surface area contributed by atoms with Crippen LogP contribution >= 0.6 is 0 Å². The average Bonchev–Trinajstić information content (AvgIpc) is 3.08. The van der Waals surface area contributed by atoms with Crippen LogP contribution < -0.4 is 0 Å². The molecule has 1 aromatic carbocycles. The van der Waals surface area contributed by atoms with Crippen molar-refractivity contribution in [3.63, 3.8) is 0 Å². The van der Waals surface area contributed by atoms with Crippen molar-refractivity contribution in [3.05, 3.63) is 42.1 Å². The molecule has 82 valence electrons. The van der Waals surface area contributed by atoms with Gasteiger partial charge in [-0.15, -0.1) is 0 Å². The Labute approximate surface area is 96.5 Å². The van der Waals surface area contributed by atoms with Gasteiger partial charge in [0.05, 0.1) is 5.52 Å². The van der Waals surface area contributed by atoms with Gasteiger partial charge in [-0.3, -0.25) is 4.98 Å². The van der Waals surface area contributed by atoms with Gasteiger partial charge in [0.1, 0.15) is 0 Å². The van der Waals surface area contributed by atoms with Crippen molar-refractivity contribution in [2.75, 3.05) is 0 Å². The van der Waals surface area contributed by atoms with Gasteiger partial charge in [0.15, 0.2) is 0 Å². The third-order valence-electron chi connectivity index (χ3n) is 3.74. The van der Waals surface area contributed by atoms with Crippen LogP contribution in [0.2, 0.25) is 0 Å². The predicted molar refractivity (Wildman–Crippen MR) is 67.4 cm³/mol. The molecule has 1 aliphatic carbocycles. The lowest BCUT2D eigenvalue weighted by Gasteiger charge is -2.04. The minimum Gasteiger partial charge on any atom is -0.256 e. The molecular formula is C15H17N. The number of rotatable bonds is 2. The quantitative estimate of drug-likeness (QED) is 0.731. The second-order valence-corrected chi connectivity index (χ2v) is 5.21. The highest BCUT2D eigenvalue weighted by molar-refractivity contribution is 5.78. The molecule has 1 aliphatic rings. The van der Waals surface area contributed by atoms with Gasteiger partial charge in [0.2, 0.25) is 0 Å². The number of fused-ring (bicyclic) bond motifs is 1. The molecule has 0 amide bonds. The lowest BCUT2D eigenvalue weighted by Crippen LogP contribution is -1.93. The molecule has 0 radical (unpaired) electrons. The van der Waals surface area contributed by atoms with E-state index in [0.717, 1.165) is 23.3 Å². The zero-order valence-electron chi connectivity index (χ0n) is 9.85. The van der Waals surface area contributed by atoms with Crippen LogP contribution in [0.25, 0.3) is 10.9 Å². The van der Waals surface area contributed by atoms with Crippen LogP contribution in [-0.2, 0) is 0 Å². The minimum atomic E-state index is 0.761. The first-order valence-corrected chi connectivity index (χ1v) is 6.10. The van der Waals surface area contributed by atoms with Gasteiger partial charge >= 0.3 is 0 Å². The van der Waals surface area contributed by atoms with E-state index in [2.05, 4.69) is 49.3 Å². The molecule has 0 spiro atoms. The summed E-state index contributed by atoms with van der Waals surface area (Å²) in [6, 6.07) is 10.7. The first-order chi connectivity index (χ1) is 7.75. The second-order valence-electron chi connectivity index (χ2n) is 5.21. The number of pyridine rings is 1. The number of hydrogen-bond acceptors (Lipinski definition) is 1. The Morgan fingerprint density at radius 3 is 2.81 bits per heavy atom. The molecule has 0 saturated heterocycles. The van der Waals surface area contributed by atoms with Crippen molar-refractivity contribution in [1.29, 1.82) is 0 Å². The summed E-state index contributed by atoms with van der Waals surface area (Å²) in [6.07, 6.45) is 3.41. The van der Waals surface area contributed by atoms with E-state index in [1.807, 2.05) is 6.07 Å². The van der Waals surface area contributed by atoms with Gasteiger partial charge < -0.3 is 0 Å². The Morgan fingerprint density at radius 1 is 1.25 bits per heavy atom. The van der Waals surface area contributed by atoms with Gasteiger partial charge in [-0.2, -0.15) is 0 Å². The summed E-state index contributed by atoms with van der Waals surface area (Å²) in [5, 5.41) is 1.27. The molecule has 2 atom stereocenters. The highest BCUT2D eigenvalue weighted by Crippen LogP contribution is 2.51. The Bertz CT molecular complexity index is 516. The number of benzene rings is 1. The topological polar surface area (TPSA) is 12.9 Å². The number of para-hydroxylation sites is 1. The van der Waals surface area contributed by atoms with Crippen LogP contribution in [0.4, 0.5) is 0 Å². The molecule has 1 heteroatoms. The summed E-state index contributed by atoms with van der Waals surface area (Å²) in [7, 11) is 0. The van der Waals surface area contributed by atoms with E-state index in [0.29, 0.717) is 0 Å². The third-order valence-corrected chi connectivity index (χ3v) is 3.74. The molecule has 16 heavy (non-hydrogen) atoms. The number of nitrogens with zero attached hydrogens (tertiary/aromatic N) is 1. The predicted octanol–water partition coefficient (Wildman–Crippen LogP) is 3.99. The number of hydrogen-bond donors (Lipinski definition) is 0. The maximum Gasteiger partial charge on any atom is 0.0702 e. The Morgan fingerprint density at radius 2 is 2.06 bits per heavy atom. The number of aromatic nitrogens is 1. The van der Waals surface area contributed by atoms with E-state index in [1.54, 1.807) is 0 Å². The first-order valence-electron chi connectivity index (χ1n) is 6.10. The third kappa shape index (κ3) is 1.60. The average molecular weight is 211 g/mol. The molecule has 1 heterocycles. The Balaban J connectivity index is 1.95. The van der Waals surface area contributed by atoms with Crippen LogP contribution in [0.5, 0.6) is 0 Å². The Hall–Kier alpha value is -1.37. The zero-order chi connectivity index (χ0) is 11.1. The van der Waals surface area contributed by atoms with E-state index in [1.165, 1.54) is 17.4 Å². The highest BCUT2D eigenvalue weighted by Gasteiger charge is 2.40. The van der Waals surface area contributed by atoms with E-state index >= 15 is 0 Å². The molecule has 2 aromatic rings. The monoisotopic (exact) mass is 211 g/mol. The van der Waals surface area contributed by atoms with Crippen molar-refractivity contribution in [1.82, 2.24) is 4.98 Å². The summed E-state index contributed by atoms with van der Waals surface area (Å²) >= 11 is 0. The molecule has 1 saturated carbocycles. The van der Waals surface area contributed by atoms with Gasteiger partial charge in [-0.05, 0) is 41.9 Å². The first kappa shape index (κ1) is 9.83. The maximum atomic E-state index is 4.54. The molecular weight excluding hydrogens is 194 g/mol. The lowest BCUT2D eigenvalue weighted by molar-refractivity contribution is 0.548. The summed E-state index contributed by atoms with van der Waals surface area (Å²) in [6.45, 7) is 4.64. The normalized spacial score (nSPS) is 23.9. The van der Waals surface area contributed by atoms with Crippen LogP contribution in [0.3, 0.4) is 0 Å². The van der Waals surface area contributed by atoms with Crippen molar-refractivity contribution in [3.8, 4) is 0 Å². The van der Waals surface area contributed by atoms with Crippen LogP contribution in [-0.4, -0.2) is 4.98 Å². The molecule has 0 unspecified atom stereocenters. The largest absolute Gasteiger partial charge is 0.256 e. The van der Waals surface area contributed by atoms with Gasteiger partial charge in [0, 0.05) is 11.6 Å². The fraction of sp³-hybridized carbons (Fsp3) is 0.400. The summed E-state index contributed by atoms with van der Waals surface area (Å²) < 4.78 is 0. The molecule has 0 bridgehead atoms. The SMILES string of the molecule is CC(C)[C@H]1C[C@@H]1c1cnc2ccccc2c1. The van der Waals surface area contributed by atoms with Crippen molar-refractivity contribution >= 4 is 10.9 Å². The lowest BCUT2D eigenvalue weighted by atomic mass is 10.0. The summed E-state index contributed by atoms with van der Waals surface area (Å²) in [5.74, 6) is 2.44. The molecule has 0 N–H and O–H groups in total. The summed E-state index contributed by atoms with van der Waals surface area (Å²) in [5.41, 5.74) is 2.53. The van der Waals surface area contributed by atoms with Crippen molar-refractivity contribution in [2.45, 2.75) is 26.2 Å². The van der Waals surface area contributed by atoms with Crippen LogP contribution in [0, 0.1) is 11.8 Å². The molecule has 1 nitrogen and oxygen atoms in total. The molecule has 0 aliphatic heterocycles. The van der Waals surface area contributed by atoms with Crippen LogP contribution in [0.15, 0.2) is 36.5 Å². The van der Waals surface area contributed by atoms with E-state index < -0.39 is 0 Å². The fourth-order valence-corrected chi connectivity index (χ4v) is 2.63. The summed E-state index contributed by atoms with van der Waals surface area (Å²) in [4.78, 5) is 4.54. The smallest absolute Gasteiger partial charge is 0.0702 e. The van der Waals surface area contributed by atoms with E-state index in [4.69, 9.17) is 0 Å². The van der Waals surface area contributed by atoms with Gasteiger partial charge in [-0.1, -0.05) is 32.0 Å². The zero-order valence-corrected chi connectivity index (χ0v) is 9.85. The molecule has 1 aromatic heterocycles. The molecule has 1 fully saturated rings. The van der Waals surface area contributed by atoms with Gasteiger partial charge in [-0.25, -0.2) is 0 Å². The minimum absolute atomic E-state index is 0.761. The van der Waals surface area contributed by atoms with E-state index in [9.17, 15) is 0 Å².